The summed E-state index contributed by atoms with van der Waals surface area (Å²) in [6.45, 7) is 4.45. The quantitative estimate of drug-likeness (QED) is 0.370. The third kappa shape index (κ3) is 8.36. The van der Waals surface area contributed by atoms with E-state index >= 15 is 0 Å². The first-order valence-corrected chi connectivity index (χ1v) is 16.4. The van der Waals surface area contributed by atoms with Gasteiger partial charge in [0.15, 0.2) is 0 Å². The molecule has 1 saturated heterocycles. The molecule has 1 spiro atoms. The van der Waals surface area contributed by atoms with E-state index in [1.165, 1.54) is 95.0 Å². The van der Waals surface area contributed by atoms with Gasteiger partial charge in [0, 0.05) is 32.3 Å². The van der Waals surface area contributed by atoms with Gasteiger partial charge in [-0.2, -0.15) is 0 Å². The van der Waals surface area contributed by atoms with Crippen LogP contribution in [0.3, 0.4) is 0 Å². The first-order valence-electron chi connectivity index (χ1n) is 14.5. The van der Waals surface area contributed by atoms with E-state index in [2.05, 4.69) is 29.2 Å². The molecule has 5 heteroatoms. The number of aryl methyl sites for hydroxylation is 1. The molecule has 1 heterocycles. The van der Waals surface area contributed by atoms with Crippen LogP contribution >= 0.6 is 8.15 Å². The van der Waals surface area contributed by atoms with Gasteiger partial charge >= 0.3 is 0 Å². The Kier molecular flexibility index (Phi) is 10.6. The standard InChI is InChI=1S/C19H27NO.C10H15O2P.C3H6/c1-21-16-8-9-18(20-13-19(14-20)10-5-11-19)17(12-16)15-6-3-2-4-7-15;1-12-10-5-3-4-9(8-10)6-7-13(2)11;1-2-3-1/h8-9,12,15H,2-7,10-11,13-14H2,1H3;3-5,8,11H,6-7H2,1-2H3;1-3H2. The van der Waals surface area contributed by atoms with Crippen LogP contribution in [0.4, 0.5) is 5.69 Å². The molecule has 4 aliphatic rings. The van der Waals surface area contributed by atoms with Crippen molar-refractivity contribution in [3.8, 4) is 11.5 Å². The maximum Gasteiger partial charge on any atom is 0.119 e. The highest BCUT2D eigenvalue weighted by molar-refractivity contribution is 7.50. The van der Waals surface area contributed by atoms with Crippen LogP contribution in [-0.4, -0.2) is 45.0 Å². The Balaban J connectivity index is 0.000000170. The molecule has 0 amide bonds. The Morgan fingerprint density at radius 3 is 2.08 bits per heavy atom. The van der Waals surface area contributed by atoms with E-state index in [4.69, 9.17) is 9.47 Å². The average Bonchev–Trinajstić information content (AvgIpc) is 3.77. The van der Waals surface area contributed by atoms with E-state index in [0.717, 1.165) is 30.0 Å². The molecule has 2 aromatic carbocycles. The summed E-state index contributed by atoms with van der Waals surface area (Å²) in [5, 5.41) is 0. The number of anilines is 1. The summed E-state index contributed by atoms with van der Waals surface area (Å²) in [7, 11) is 2.67. The summed E-state index contributed by atoms with van der Waals surface area (Å²) in [6, 6.07) is 14.7. The second-order valence-corrected chi connectivity index (χ2v) is 13.3. The summed E-state index contributed by atoms with van der Waals surface area (Å²) in [4.78, 5) is 11.8. The molecule has 4 fully saturated rings. The first kappa shape index (κ1) is 28.2. The smallest absolute Gasteiger partial charge is 0.119 e. The van der Waals surface area contributed by atoms with Crippen LogP contribution < -0.4 is 14.4 Å². The molecular weight excluding hydrogens is 477 g/mol. The summed E-state index contributed by atoms with van der Waals surface area (Å²) in [5.41, 5.74) is 4.98. The molecule has 0 aromatic heterocycles. The molecule has 37 heavy (non-hydrogen) atoms. The van der Waals surface area contributed by atoms with Crippen molar-refractivity contribution in [2.75, 3.05) is 45.0 Å². The minimum atomic E-state index is -0.779. The number of rotatable bonds is 7. The second-order valence-electron chi connectivity index (χ2n) is 11.5. The van der Waals surface area contributed by atoms with Gasteiger partial charge in [-0.15, -0.1) is 0 Å². The van der Waals surface area contributed by atoms with E-state index in [-0.39, 0.29) is 0 Å². The van der Waals surface area contributed by atoms with Gasteiger partial charge in [-0.3, -0.25) is 0 Å². The summed E-state index contributed by atoms with van der Waals surface area (Å²) >= 11 is 0. The second kappa shape index (κ2) is 13.9. The minimum Gasteiger partial charge on any atom is -0.497 e. The van der Waals surface area contributed by atoms with E-state index in [1.807, 2.05) is 24.9 Å². The molecule has 1 N–H and O–H groups in total. The molecule has 4 nitrogen and oxygen atoms in total. The fraction of sp³-hybridized carbons (Fsp3) is 0.625. The minimum absolute atomic E-state index is 0.698. The molecule has 2 aromatic rings. The van der Waals surface area contributed by atoms with Crippen molar-refractivity contribution in [3.05, 3.63) is 53.6 Å². The van der Waals surface area contributed by atoms with Crippen LogP contribution in [0.15, 0.2) is 42.5 Å². The van der Waals surface area contributed by atoms with Gasteiger partial charge in [0.05, 0.1) is 14.2 Å². The molecule has 3 aliphatic carbocycles. The van der Waals surface area contributed by atoms with Crippen LogP contribution in [-0.2, 0) is 6.42 Å². The topological polar surface area (TPSA) is 41.9 Å². The van der Waals surface area contributed by atoms with Crippen molar-refractivity contribution >= 4 is 13.8 Å². The van der Waals surface area contributed by atoms with Gasteiger partial charge in [0.25, 0.3) is 0 Å². The van der Waals surface area contributed by atoms with Gasteiger partial charge in [-0.1, -0.05) is 57.1 Å². The average molecular weight is 526 g/mol. The Bertz CT molecular complexity index is 956. The van der Waals surface area contributed by atoms with Crippen LogP contribution in [0, 0.1) is 5.41 Å². The van der Waals surface area contributed by atoms with Gasteiger partial charge in [-0.25, -0.2) is 0 Å². The van der Waals surface area contributed by atoms with Crippen LogP contribution in [0.25, 0.3) is 0 Å². The highest BCUT2D eigenvalue weighted by Gasteiger charge is 2.47. The van der Waals surface area contributed by atoms with Gasteiger partial charge in [0.1, 0.15) is 11.5 Å². The normalized spacial score (nSPS) is 20.3. The number of methoxy groups -OCH3 is 2. The lowest BCUT2D eigenvalue weighted by Gasteiger charge is -2.57. The van der Waals surface area contributed by atoms with Crippen molar-refractivity contribution in [1.29, 1.82) is 0 Å². The fourth-order valence-electron chi connectivity index (χ4n) is 5.73. The van der Waals surface area contributed by atoms with Crippen molar-refractivity contribution in [2.45, 2.75) is 83.0 Å². The molecule has 3 saturated carbocycles. The van der Waals surface area contributed by atoms with Crippen LogP contribution in [0.1, 0.15) is 87.7 Å². The highest BCUT2D eigenvalue weighted by atomic mass is 31.1. The lowest BCUT2D eigenvalue weighted by atomic mass is 9.63. The predicted molar refractivity (Wildman–Crippen MR) is 158 cm³/mol. The Morgan fingerprint density at radius 2 is 1.51 bits per heavy atom. The van der Waals surface area contributed by atoms with Crippen LogP contribution in [0.2, 0.25) is 0 Å². The van der Waals surface area contributed by atoms with E-state index in [0.29, 0.717) is 5.41 Å². The number of nitrogens with zero attached hydrogens (tertiary/aromatic N) is 1. The summed E-state index contributed by atoms with van der Waals surface area (Å²) in [5.74, 6) is 2.66. The molecule has 1 atom stereocenters. The van der Waals surface area contributed by atoms with E-state index in [9.17, 15) is 4.89 Å². The summed E-state index contributed by atoms with van der Waals surface area (Å²) in [6.07, 6.45) is 17.6. The lowest BCUT2D eigenvalue weighted by molar-refractivity contribution is 0.0901. The molecule has 1 aliphatic heterocycles. The van der Waals surface area contributed by atoms with E-state index in [1.54, 1.807) is 19.8 Å². The fourth-order valence-corrected chi connectivity index (χ4v) is 6.32. The van der Waals surface area contributed by atoms with Crippen molar-refractivity contribution < 1.29 is 14.4 Å². The molecular formula is C32H48NO3P. The Labute approximate surface area is 226 Å². The number of hydrogen-bond donors (Lipinski definition) is 1. The zero-order valence-electron chi connectivity index (χ0n) is 23.4. The van der Waals surface area contributed by atoms with Crippen LogP contribution in [0.5, 0.6) is 11.5 Å². The van der Waals surface area contributed by atoms with Crippen molar-refractivity contribution in [1.82, 2.24) is 0 Å². The molecule has 204 valence electrons. The zero-order chi connectivity index (χ0) is 26.1. The maximum absolute atomic E-state index is 9.17. The number of hydrogen-bond acceptors (Lipinski definition) is 4. The number of ether oxygens (including phenoxy) is 2. The third-order valence-electron chi connectivity index (χ3n) is 8.30. The lowest BCUT2D eigenvalue weighted by Crippen LogP contribution is -2.60. The SMILES string of the molecule is C1CC1.COc1ccc(N2CC3(CCC3)C2)c(C2CCCCC2)c1.COc1cccc(CCP(C)O)c1. The maximum atomic E-state index is 9.17. The largest absolute Gasteiger partial charge is 0.497 e. The molecule has 1 unspecified atom stereocenters. The van der Waals surface area contributed by atoms with Gasteiger partial charge in [-0.05, 0) is 92.3 Å². The van der Waals surface area contributed by atoms with Crippen molar-refractivity contribution in [3.63, 3.8) is 0 Å². The monoisotopic (exact) mass is 525 g/mol. The highest BCUT2D eigenvalue weighted by Crippen LogP contribution is 2.51. The van der Waals surface area contributed by atoms with Gasteiger partial charge < -0.3 is 19.3 Å². The van der Waals surface area contributed by atoms with E-state index < -0.39 is 8.15 Å². The Hall–Kier alpha value is -1.77. The predicted octanol–water partition coefficient (Wildman–Crippen LogP) is 8.16. The Morgan fingerprint density at radius 1 is 0.865 bits per heavy atom. The molecule has 6 rings (SSSR count). The zero-order valence-corrected chi connectivity index (χ0v) is 24.3. The molecule has 0 bridgehead atoms. The first-order chi connectivity index (χ1) is 18.0. The summed E-state index contributed by atoms with van der Waals surface area (Å²) < 4.78 is 10.6. The number of benzene rings is 2. The van der Waals surface area contributed by atoms with Gasteiger partial charge in [0.2, 0.25) is 0 Å². The van der Waals surface area contributed by atoms with Crippen molar-refractivity contribution in [2.24, 2.45) is 5.41 Å². The molecule has 0 radical (unpaired) electrons. The third-order valence-corrected chi connectivity index (χ3v) is 9.17.